The highest BCUT2D eigenvalue weighted by Gasteiger charge is 2.10. The van der Waals surface area contributed by atoms with E-state index < -0.39 is 0 Å². The van der Waals surface area contributed by atoms with Gasteiger partial charge in [-0.1, -0.05) is 0 Å². The van der Waals surface area contributed by atoms with Gasteiger partial charge in [-0.25, -0.2) is 15.2 Å². The zero-order valence-electron chi connectivity index (χ0n) is 9.11. The van der Waals surface area contributed by atoms with Crippen LogP contribution in [0.25, 0.3) is 21.1 Å². The number of hydrazine groups is 1. The maximum atomic E-state index is 13.1. The summed E-state index contributed by atoms with van der Waals surface area (Å²) in [4.78, 5) is 17.0. The Labute approximate surface area is 105 Å². The number of fused-ring (bicyclic) bond motifs is 2. The fraction of sp³-hybridized carbons (Fsp3) is 0. The zero-order chi connectivity index (χ0) is 12.7. The molecule has 90 valence electrons. The first kappa shape index (κ1) is 11.1. The molecular weight excluding hydrogens is 253 g/mol. The van der Waals surface area contributed by atoms with E-state index >= 15 is 0 Å². The summed E-state index contributed by atoms with van der Waals surface area (Å²) < 4.78 is 13.1. The monoisotopic (exact) mass is 261 g/mol. The Kier molecular flexibility index (Phi) is 2.46. The minimum atomic E-state index is -0.353. The zero-order valence-corrected chi connectivity index (χ0v) is 9.92. The van der Waals surface area contributed by atoms with E-state index in [9.17, 15) is 9.18 Å². The molecule has 0 saturated carbocycles. The number of rotatable bonds is 1. The van der Waals surface area contributed by atoms with Crippen LogP contribution in [0, 0.1) is 5.82 Å². The molecule has 0 atom stereocenters. The molecule has 0 saturated heterocycles. The van der Waals surface area contributed by atoms with E-state index in [4.69, 9.17) is 5.84 Å². The summed E-state index contributed by atoms with van der Waals surface area (Å²) >= 11 is 1.25. The van der Waals surface area contributed by atoms with Gasteiger partial charge in [-0.2, -0.15) is 0 Å². The van der Waals surface area contributed by atoms with Crippen molar-refractivity contribution in [2.45, 2.75) is 0 Å². The van der Waals surface area contributed by atoms with Gasteiger partial charge in [0.15, 0.2) is 0 Å². The van der Waals surface area contributed by atoms with E-state index in [0.29, 0.717) is 15.8 Å². The molecular formula is C12H8FN3OS. The average molecular weight is 261 g/mol. The largest absolute Gasteiger partial charge is 0.289 e. The Morgan fingerprint density at radius 1 is 1.28 bits per heavy atom. The molecule has 0 unspecified atom stereocenters. The number of pyridine rings is 1. The highest BCUT2D eigenvalue weighted by molar-refractivity contribution is 7.20. The minimum Gasteiger partial charge on any atom is -0.289 e. The molecule has 0 aliphatic heterocycles. The van der Waals surface area contributed by atoms with Crippen LogP contribution in [0.3, 0.4) is 0 Å². The van der Waals surface area contributed by atoms with Gasteiger partial charge in [-0.3, -0.25) is 10.2 Å². The van der Waals surface area contributed by atoms with Crippen LogP contribution < -0.4 is 11.3 Å². The van der Waals surface area contributed by atoms with Crippen LogP contribution in [0.15, 0.2) is 30.3 Å². The number of aromatic nitrogens is 1. The van der Waals surface area contributed by atoms with Crippen molar-refractivity contribution in [3.05, 3.63) is 41.0 Å². The van der Waals surface area contributed by atoms with E-state index in [0.717, 1.165) is 10.2 Å². The molecule has 0 aliphatic rings. The maximum absolute atomic E-state index is 13.1. The van der Waals surface area contributed by atoms with E-state index in [1.165, 1.54) is 23.5 Å². The Morgan fingerprint density at radius 3 is 2.89 bits per heavy atom. The lowest BCUT2D eigenvalue weighted by Gasteiger charge is -1.97. The summed E-state index contributed by atoms with van der Waals surface area (Å²) in [5, 5.41) is 1.51. The molecule has 0 fully saturated rings. The normalized spacial score (nSPS) is 11.0. The van der Waals surface area contributed by atoms with Crippen LogP contribution in [0.5, 0.6) is 0 Å². The van der Waals surface area contributed by atoms with Crippen molar-refractivity contribution in [1.29, 1.82) is 0 Å². The van der Waals surface area contributed by atoms with Crippen molar-refractivity contribution >= 4 is 38.4 Å². The molecule has 4 nitrogen and oxygen atoms in total. The van der Waals surface area contributed by atoms with E-state index in [1.54, 1.807) is 12.1 Å². The van der Waals surface area contributed by atoms with E-state index in [2.05, 4.69) is 10.4 Å². The lowest BCUT2D eigenvalue weighted by Crippen LogP contribution is -2.29. The fourth-order valence-electron chi connectivity index (χ4n) is 1.79. The molecule has 6 heteroatoms. The van der Waals surface area contributed by atoms with Gasteiger partial charge < -0.3 is 0 Å². The molecule has 3 rings (SSSR count). The first-order valence-corrected chi connectivity index (χ1v) is 6.00. The third-order valence-electron chi connectivity index (χ3n) is 2.62. The number of nitrogens with zero attached hydrogens (tertiary/aromatic N) is 1. The number of thiophene rings is 1. The molecule has 0 radical (unpaired) electrons. The van der Waals surface area contributed by atoms with Gasteiger partial charge in [-0.05, 0) is 30.3 Å². The molecule has 2 heterocycles. The smallest absolute Gasteiger partial charge is 0.275 e. The highest BCUT2D eigenvalue weighted by Crippen LogP contribution is 2.27. The number of halogens is 1. The Hall–Kier alpha value is -2.05. The highest BCUT2D eigenvalue weighted by atomic mass is 32.1. The van der Waals surface area contributed by atoms with Gasteiger partial charge in [0.1, 0.15) is 10.6 Å². The van der Waals surface area contributed by atoms with Crippen LogP contribution in [-0.2, 0) is 0 Å². The third kappa shape index (κ3) is 1.71. The molecule has 2 aromatic heterocycles. The number of nitrogens with one attached hydrogen (secondary N) is 1. The molecule has 0 aliphatic carbocycles. The Morgan fingerprint density at radius 2 is 2.11 bits per heavy atom. The average Bonchev–Trinajstić information content (AvgIpc) is 2.77. The number of carbonyl (C=O) groups is 1. The molecule has 0 spiro atoms. The second-order valence-electron chi connectivity index (χ2n) is 3.80. The standard InChI is InChI=1S/C12H8FN3OS/c13-8-1-2-9-6(4-8)3-7-5-10(11(17)16-14)18-12(7)15-9/h1-5H,14H2,(H,16,17). The Balaban J connectivity index is 2.27. The van der Waals surface area contributed by atoms with Crippen molar-refractivity contribution in [3.8, 4) is 0 Å². The minimum absolute atomic E-state index is 0.307. The molecule has 3 aromatic rings. The van der Waals surface area contributed by atoms with Gasteiger partial charge in [-0.15, -0.1) is 11.3 Å². The predicted molar refractivity (Wildman–Crippen MR) is 68.7 cm³/mol. The van der Waals surface area contributed by atoms with Gasteiger partial charge in [0.05, 0.1) is 10.4 Å². The van der Waals surface area contributed by atoms with Crippen molar-refractivity contribution in [3.63, 3.8) is 0 Å². The van der Waals surface area contributed by atoms with Crippen LogP contribution in [0.4, 0.5) is 4.39 Å². The summed E-state index contributed by atoms with van der Waals surface area (Å²) in [7, 11) is 0. The summed E-state index contributed by atoms with van der Waals surface area (Å²) in [6, 6.07) is 7.90. The summed E-state index contributed by atoms with van der Waals surface area (Å²) in [6.07, 6.45) is 0. The van der Waals surface area contributed by atoms with Crippen LogP contribution in [-0.4, -0.2) is 10.9 Å². The van der Waals surface area contributed by atoms with Crippen molar-refractivity contribution in [1.82, 2.24) is 10.4 Å². The number of carbonyl (C=O) groups excluding carboxylic acids is 1. The van der Waals surface area contributed by atoms with Gasteiger partial charge >= 0.3 is 0 Å². The van der Waals surface area contributed by atoms with Gasteiger partial charge in [0.2, 0.25) is 0 Å². The number of nitrogen functional groups attached to an aromatic ring is 1. The lowest BCUT2D eigenvalue weighted by molar-refractivity contribution is 0.0958. The number of hydrogen-bond acceptors (Lipinski definition) is 4. The van der Waals surface area contributed by atoms with Crippen LogP contribution >= 0.6 is 11.3 Å². The fourth-order valence-corrected chi connectivity index (χ4v) is 2.71. The maximum Gasteiger partial charge on any atom is 0.275 e. The number of hydrogen-bond donors (Lipinski definition) is 2. The second kappa shape index (κ2) is 4.01. The number of benzene rings is 1. The first-order chi connectivity index (χ1) is 8.67. The van der Waals surface area contributed by atoms with Crippen LogP contribution in [0.2, 0.25) is 0 Å². The van der Waals surface area contributed by atoms with E-state index in [1.807, 2.05) is 6.07 Å². The topological polar surface area (TPSA) is 68.0 Å². The number of amides is 1. The van der Waals surface area contributed by atoms with Gasteiger partial charge in [0.25, 0.3) is 5.91 Å². The summed E-state index contributed by atoms with van der Waals surface area (Å²) in [5.74, 6) is 4.42. The predicted octanol–water partition coefficient (Wildman–Crippen LogP) is 2.19. The molecule has 0 bridgehead atoms. The summed E-state index contributed by atoms with van der Waals surface area (Å²) in [5.41, 5.74) is 2.78. The first-order valence-electron chi connectivity index (χ1n) is 5.18. The van der Waals surface area contributed by atoms with Crippen molar-refractivity contribution in [2.24, 2.45) is 5.84 Å². The molecule has 1 aromatic carbocycles. The van der Waals surface area contributed by atoms with Gasteiger partial charge in [0, 0.05) is 10.8 Å². The molecule has 1 amide bonds. The van der Waals surface area contributed by atoms with E-state index in [-0.39, 0.29) is 11.7 Å². The Bertz CT molecular complexity index is 768. The summed E-state index contributed by atoms with van der Waals surface area (Å²) in [6.45, 7) is 0. The molecule has 3 N–H and O–H groups in total. The van der Waals surface area contributed by atoms with Crippen molar-refractivity contribution in [2.75, 3.05) is 0 Å². The number of nitrogens with two attached hydrogens (primary N) is 1. The van der Waals surface area contributed by atoms with Crippen LogP contribution in [0.1, 0.15) is 9.67 Å². The SMILES string of the molecule is NNC(=O)c1cc2cc3cc(F)ccc3nc2s1. The lowest BCUT2D eigenvalue weighted by atomic mass is 10.2. The van der Waals surface area contributed by atoms with Crippen molar-refractivity contribution < 1.29 is 9.18 Å². The molecule has 18 heavy (non-hydrogen) atoms. The quantitative estimate of drug-likeness (QED) is 0.401. The third-order valence-corrected chi connectivity index (χ3v) is 3.66. The second-order valence-corrected chi connectivity index (χ2v) is 4.83.